The third-order valence-corrected chi connectivity index (χ3v) is 5.46. The van der Waals surface area contributed by atoms with Gasteiger partial charge in [0, 0.05) is 28.7 Å². The van der Waals surface area contributed by atoms with Gasteiger partial charge in [0.1, 0.15) is 29.2 Å². The fourth-order valence-electron chi connectivity index (χ4n) is 3.23. The first-order chi connectivity index (χ1) is 15.0. The van der Waals surface area contributed by atoms with Crippen LogP contribution in [0.3, 0.4) is 0 Å². The Morgan fingerprint density at radius 1 is 1.16 bits per heavy atom. The summed E-state index contributed by atoms with van der Waals surface area (Å²) in [5, 5.41) is 11.2. The van der Waals surface area contributed by atoms with Gasteiger partial charge in [0.05, 0.1) is 0 Å². The average molecular weight is 500 g/mol. The first-order valence-electron chi connectivity index (χ1n) is 9.41. The third kappa shape index (κ3) is 4.47. The number of nitrogens with zero attached hydrogens (tertiary/aromatic N) is 3. The predicted octanol–water partition coefficient (Wildman–Crippen LogP) is 4.67. The van der Waals surface area contributed by atoms with Crippen LogP contribution in [0.1, 0.15) is 11.1 Å². The van der Waals surface area contributed by atoms with E-state index in [-0.39, 0.29) is 23.4 Å². The molecule has 0 aliphatic carbocycles. The lowest BCUT2D eigenvalue weighted by molar-refractivity contribution is -0.672. The number of allylic oxidation sites excluding steroid dienone is 1. The highest BCUT2D eigenvalue weighted by Gasteiger charge is 2.24. The Labute approximate surface area is 191 Å². The van der Waals surface area contributed by atoms with E-state index in [1.807, 2.05) is 30.3 Å². The van der Waals surface area contributed by atoms with E-state index in [0.29, 0.717) is 28.8 Å². The molecule has 156 valence electrons. The molecule has 1 N–H and O–H groups in total. The maximum absolute atomic E-state index is 13.1. The fraction of sp³-hybridized carbons (Fsp3) is 0.0870. The molecule has 4 aromatic rings. The minimum atomic E-state index is -0.334. The quantitative estimate of drug-likeness (QED) is 0.238. The Morgan fingerprint density at radius 2 is 1.90 bits per heavy atom. The molecule has 0 unspecified atom stereocenters. The standard InChI is InChI=1S/C23H17BrClN3O3/c1-2-3-19-22(29)27(13-15-4-10-20(25)26-12-15)21-11-9-18(14-28(21)23(19)30)31-17-7-5-16(24)6-8-17/h2,4-12,14H,1,3,13H2/p+1. The van der Waals surface area contributed by atoms with Gasteiger partial charge in [-0.05, 0) is 36.4 Å². The van der Waals surface area contributed by atoms with Gasteiger partial charge in [0.15, 0.2) is 5.75 Å². The highest BCUT2D eigenvalue weighted by Crippen LogP contribution is 2.24. The molecule has 0 bridgehead atoms. The molecular formula is C23H18BrClN3O3+. The van der Waals surface area contributed by atoms with Gasteiger partial charge < -0.3 is 9.84 Å². The van der Waals surface area contributed by atoms with Crippen molar-refractivity contribution in [3.63, 3.8) is 0 Å². The number of ether oxygens (including phenoxy) is 1. The number of hydrogen-bond acceptors (Lipinski definition) is 4. The number of rotatable bonds is 6. The summed E-state index contributed by atoms with van der Waals surface area (Å²) in [7, 11) is 0. The first kappa shape index (κ1) is 21.1. The minimum Gasteiger partial charge on any atom is -0.477 e. The molecule has 3 heterocycles. The normalized spacial score (nSPS) is 10.9. The number of aromatic nitrogens is 3. The lowest BCUT2D eigenvalue weighted by atomic mass is 10.2. The molecule has 0 spiro atoms. The molecule has 0 fully saturated rings. The van der Waals surface area contributed by atoms with E-state index in [1.165, 1.54) is 4.40 Å². The summed E-state index contributed by atoms with van der Waals surface area (Å²) >= 11 is 9.27. The Morgan fingerprint density at radius 3 is 2.58 bits per heavy atom. The number of hydrogen-bond donors (Lipinski definition) is 1. The van der Waals surface area contributed by atoms with Gasteiger partial charge in [-0.25, -0.2) is 9.78 Å². The SMILES string of the molecule is C=CCc1c(O)[n+](Cc2ccc(Cl)nc2)c2ccc(Oc3ccc(Br)cc3)cn2c1=O. The van der Waals surface area contributed by atoms with Crippen molar-refractivity contribution in [1.29, 1.82) is 0 Å². The zero-order chi connectivity index (χ0) is 22.0. The van der Waals surface area contributed by atoms with Crippen molar-refractivity contribution in [2.75, 3.05) is 0 Å². The van der Waals surface area contributed by atoms with Crippen LogP contribution in [0.4, 0.5) is 0 Å². The van der Waals surface area contributed by atoms with Crippen LogP contribution in [0.2, 0.25) is 5.15 Å². The van der Waals surface area contributed by atoms with Gasteiger partial charge in [0.25, 0.3) is 11.5 Å². The third-order valence-electron chi connectivity index (χ3n) is 4.71. The fourth-order valence-corrected chi connectivity index (χ4v) is 3.61. The molecule has 6 nitrogen and oxygen atoms in total. The molecule has 0 radical (unpaired) electrons. The summed E-state index contributed by atoms with van der Waals surface area (Å²) in [5.74, 6) is 1.02. The van der Waals surface area contributed by atoms with Crippen LogP contribution in [-0.2, 0) is 13.0 Å². The van der Waals surface area contributed by atoms with Crippen molar-refractivity contribution in [3.8, 4) is 17.4 Å². The minimum absolute atomic E-state index is 0.110. The molecule has 0 aliphatic heterocycles. The van der Waals surface area contributed by atoms with Crippen LogP contribution in [-0.4, -0.2) is 14.5 Å². The largest absolute Gasteiger partial charge is 0.477 e. The van der Waals surface area contributed by atoms with Crippen molar-refractivity contribution in [2.24, 2.45) is 0 Å². The maximum atomic E-state index is 13.1. The van der Waals surface area contributed by atoms with Gasteiger partial charge in [-0.2, -0.15) is 8.97 Å². The van der Waals surface area contributed by atoms with Crippen molar-refractivity contribution in [2.45, 2.75) is 13.0 Å². The van der Waals surface area contributed by atoms with Crippen molar-refractivity contribution < 1.29 is 14.4 Å². The van der Waals surface area contributed by atoms with Crippen molar-refractivity contribution >= 4 is 33.2 Å². The Hall–Kier alpha value is -3.16. The van der Waals surface area contributed by atoms with E-state index in [0.717, 1.165) is 10.0 Å². The molecule has 0 saturated heterocycles. The van der Waals surface area contributed by atoms with Crippen LogP contribution >= 0.6 is 27.5 Å². The lowest BCUT2D eigenvalue weighted by Crippen LogP contribution is -2.42. The molecule has 31 heavy (non-hydrogen) atoms. The summed E-state index contributed by atoms with van der Waals surface area (Å²) in [4.78, 5) is 17.2. The van der Waals surface area contributed by atoms with Crippen LogP contribution in [0.15, 0.2) is 82.8 Å². The molecule has 8 heteroatoms. The average Bonchev–Trinajstić information content (AvgIpc) is 2.77. The summed E-state index contributed by atoms with van der Waals surface area (Å²) in [6.07, 6.45) is 5.06. The van der Waals surface area contributed by atoms with E-state index >= 15 is 0 Å². The number of halogens is 2. The van der Waals surface area contributed by atoms with Gasteiger partial charge in [-0.3, -0.25) is 0 Å². The highest BCUT2D eigenvalue weighted by atomic mass is 79.9. The first-order valence-corrected chi connectivity index (χ1v) is 10.6. The Kier molecular flexibility index (Phi) is 6.06. The van der Waals surface area contributed by atoms with Crippen LogP contribution in [0.5, 0.6) is 17.4 Å². The summed E-state index contributed by atoms with van der Waals surface area (Å²) in [5.41, 5.74) is 1.24. The number of benzene rings is 1. The highest BCUT2D eigenvalue weighted by molar-refractivity contribution is 9.10. The zero-order valence-electron chi connectivity index (χ0n) is 16.3. The predicted molar refractivity (Wildman–Crippen MR) is 122 cm³/mol. The topological polar surface area (TPSA) is 67.7 Å². The lowest BCUT2D eigenvalue weighted by Gasteiger charge is -2.11. The second kappa shape index (κ2) is 8.91. The molecule has 0 atom stereocenters. The smallest absolute Gasteiger partial charge is 0.350 e. The zero-order valence-corrected chi connectivity index (χ0v) is 18.7. The molecule has 3 aromatic heterocycles. The summed E-state index contributed by atoms with van der Waals surface area (Å²) < 4.78 is 9.96. The second-order valence-electron chi connectivity index (χ2n) is 6.82. The van der Waals surface area contributed by atoms with E-state index < -0.39 is 0 Å². The van der Waals surface area contributed by atoms with Gasteiger partial charge >= 0.3 is 5.56 Å². The van der Waals surface area contributed by atoms with E-state index in [4.69, 9.17) is 16.3 Å². The van der Waals surface area contributed by atoms with Gasteiger partial charge in [-0.1, -0.05) is 39.7 Å². The summed E-state index contributed by atoms with van der Waals surface area (Å²) in [6.45, 7) is 4.00. The number of aromatic hydroxyl groups is 1. The van der Waals surface area contributed by atoms with Gasteiger partial charge in [0.2, 0.25) is 0 Å². The molecular weight excluding hydrogens is 482 g/mol. The molecule has 0 saturated carbocycles. The molecule has 0 amide bonds. The summed E-state index contributed by atoms with van der Waals surface area (Å²) in [6, 6.07) is 14.4. The molecule has 1 aromatic carbocycles. The van der Waals surface area contributed by atoms with Crippen LogP contribution in [0.25, 0.3) is 5.65 Å². The van der Waals surface area contributed by atoms with E-state index in [2.05, 4.69) is 27.5 Å². The van der Waals surface area contributed by atoms with Crippen molar-refractivity contribution in [1.82, 2.24) is 9.38 Å². The van der Waals surface area contributed by atoms with Crippen molar-refractivity contribution in [3.05, 3.63) is 105 Å². The number of fused-ring (bicyclic) bond motifs is 1. The van der Waals surface area contributed by atoms with Crippen LogP contribution in [0, 0.1) is 0 Å². The monoisotopic (exact) mass is 498 g/mol. The molecule has 4 rings (SSSR count). The number of pyridine rings is 2. The maximum Gasteiger partial charge on any atom is 0.350 e. The van der Waals surface area contributed by atoms with Gasteiger partial charge in [-0.15, -0.1) is 6.58 Å². The molecule has 0 aliphatic rings. The van der Waals surface area contributed by atoms with E-state index in [1.54, 1.807) is 41.2 Å². The second-order valence-corrected chi connectivity index (χ2v) is 8.13. The van der Waals surface area contributed by atoms with E-state index in [9.17, 15) is 9.90 Å². The Bertz CT molecular complexity index is 1320. The Balaban J connectivity index is 1.83. The van der Waals surface area contributed by atoms with Crippen LogP contribution < -0.4 is 14.9 Å².